The van der Waals surface area contributed by atoms with E-state index in [1.54, 1.807) is 23.7 Å². The van der Waals surface area contributed by atoms with E-state index < -0.39 is 5.97 Å². The third-order valence-corrected chi connectivity index (χ3v) is 5.69. The molecule has 4 aromatic heterocycles. The number of nitrogens with one attached hydrogen (secondary N) is 1. The van der Waals surface area contributed by atoms with Gasteiger partial charge in [-0.2, -0.15) is 5.10 Å². The van der Waals surface area contributed by atoms with Crippen LogP contribution < -0.4 is 5.32 Å². The number of anilines is 1. The predicted molar refractivity (Wildman–Crippen MR) is 107 cm³/mol. The lowest BCUT2D eigenvalue weighted by Crippen LogP contribution is -2.15. The molecule has 0 aromatic carbocycles. The van der Waals surface area contributed by atoms with Crippen LogP contribution in [0.25, 0.3) is 16.0 Å². The largest absolute Gasteiger partial charge is 0.462 e. The van der Waals surface area contributed by atoms with Crippen molar-refractivity contribution in [1.29, 1.82) is 0 Å². The number of hydrogen-bond donors (Lipinski definition) is 1. The van der Waals surface area contributed by atoms with Crippen molar-refractivity contribution in [1.82, 2.24) is 9.61 Å². The van der Waals surface area contributed by atoms with Crippen molar-refractivity contribution in [3.05, 3.63) is 64.6 Å². The van der Waals surface area contributed by atoms with E-state index in [1.807, 2.05) is 41.1 Å². The second-order valence-corrected chi connectivity index (χ2v) is 7.43. The van der Waals surface area contributed by atoms with E-state index in [4.69, 9.17) is 4.74 Å². The van der Waals surface area contributed by atoms with Gasteiger partial charge in [-0.1, -0.05) is 12.1 Å². The van der Waals surface area contributed by atoms with Gasteiger partial charge in [0.25, 0.3) is 5.91 Å². The molecular formula is C19H15N3O3S2. The summed E-state index contributed by atoms with van der Waals surface area (Å²) in [4.78, 5) is 26.1. The van der Waals surface area contributed by atoms with Gasteiger partial charge in [0.05, 0.1) is 12.1 Å². The van der Waals surface area contributed by atoms with Crippen molar-refractivity contribution < 1.29 is 14.3 Å². The van der Waals surface area contributed by atoms with Crippen LogP contribution in [0.4, 0.5) is 5.00 Å². The summed E-state index contributed by atoms with van der Waals surface area (Å²) in [6, 6.07) is 11.1. The second-order valence-electron chi connectivity index (χ2n) is 5.61. The van der Waals surface area contributed by atoms with Gasteiger partial charge in [0.15, 0.2) is 5.69 Å². The van der Waals surface area contributed by atoms with Gasteiger partial charge in [0.1, 0.15) is 10.6 Å². The Morgan fingerprint density at radius 2 is 2.11 bits per heavy atom. The normalized spacial score (nSPS) is 10.9. The zero-order chi connectivity index (χ0) is 18.8. The van der Waals surface area contributed by atoms with Crippen molar-refractivity contribution in [2.24, 2.45) is 0 Å². The Morgan fingerprint density at radius 3 is 2.85 bits per heavy atom. The van der Waals surface area contributed by atoms with Crippen LogP contribution >= 0.6 is 22.7 Å². The molecule has 0 bridgehead atoms. The fourth-order valence-electron chi connectivity index (χ4n) is 2.69. The highest BCUT2D eigenvalue weighted by Crippen LogP contribution is 2.38. The molecule has 0 radical (unpaired) electrons. The number of amides is 1. The SMILES string of the molecule is CCOC(=O)c1c(-c2cccs2)csc1NC(=O)c1cc2ccccn2n1. The quantitative estimate of drug-likeness (QED) is 0.501. The van der Waals surface area contributed by atoms with Crippen LogP contribution in [0.5, 0.6) is 0 Å². The number of pyridine rings is 1. The summed E-state index contributed by atoms with van der Waals surface area (Å²) < 4.78 is 6.83. The van der Waals surface area contributed by atoms with Crippen LogP contribution in [-0.2, 0) is 4.74 Å². The lowest BCUT2D eigenvalue weighted by atomic mass is 10.1. The Bertz CT molecular complexity index is 1080. The molecule has 4 aromatic rings. The van der Waals surface area contributed by atoms with Gasteiger partial charge in [-0.05, 0) is 36.6 Å². The molecule has 0 atom stereocenters. The molecule has 6 nitrogen and oxygen atoms in total. The van der Waals surface area contributed by atoms with Gasteiger partial charge in [-0.15, -0.1) is 22.7 Å². The molecule has 4 heterocycles. The summed E-state index contributed by atoms with van der Waals surface area (Å²) in [5, 5.41) is 11.3. The first-order chi connectivity index (χ1) is 13.2. The molecule has 27 heavy (non-hydrogen) atoms. The Morgan fingerprint density at radius 1 is 1.22 bits per heavy atom. The van der Waals surface area contributed by atoms with Gasteiger partial charge >= 0.3 is 5.97 Å². The average Bonchev–Trinajstić information content (AvgIpc) is 3.40. The van der Waals surface area contributed by atoms with Crippen LogP contribution in [0.1, 0.15) is 27.8 Å². The monoisotopic (exact) mass is 397 g/mol. The molecule has 4 rings (SSSR count). The Kier molecular flexibility index (Phi) is 4.74. The molecule has 0 spiro atoms. The number of hydrogen-bond acceptors (Lipinski definition) is 6. The van der Waals surface area contributed by atoms with Crippen molar-refractivity contribution in [3.8, 4) is 10.4 Å². The lowest BCUT2D eigenvalue weighted by Gasteiger charge is -2.07. The Labute approximate surface area is 163 Å². The maximum absolute atomic E-state index is 12.7. The summed E-state index contributed by atoms with van der Waals surface area (Å²) in [6.07, 6.45) is 1.77. The minimum atomic E-state index is -0.451. The minimum absolute atomic E-state index is 0.262. The van der Waals surface area contributed by atoms with Crippen LogP contribution in [0.2, 0.25) is 0 Å². The predicted octanol–water partition coefficient (Wildman–Crippen LogP) is 4.55. The number of fused-ring (bicyclic) bond motifs is 1. The average molecular weight is 397 g/mol. The molecule has 0 unspecified atom stereocenters. The molecule has 0 aliphatic heterocycles. The lowest BCUT2D eigenvalue weighted by molar-refractivity contribution is 0.0529. The molecular weight excluding hydrogens is 382 g/mol. The van der Waals surface area contributed by atoms with Crippen LogP contribution in [0.3, 0.4) is 0 Å². The molecule has 136 valence electrons. The molecule has 1 N–H and O–H groups in total. The number of esters is 1. The van der Waals surface area contributed by atoms with Gasteiger partial charge in [-0.25, -0.2) is 9.31 Å². The molecule has 0 aliphatic rings. The van der Waals surface area contributed by atoms with E-state index in [9.17, 15) is 9.59 Å². The summed E-state index contributed by atoms with van der Waals surface area (Å²) in [7, 11) is 0. The molecule has 0 saturated heterocycles. The maximum Gasteiger partial charge on any atom is 0.341 e. The van der Waals surface area contributed by atoms with Gasteiger partial charge in [-0.3, -0.25) is 4.79 Å². The van der Waals surface area contributed by atoms with E-state index in [-0.39, 0.29) is 18.2 Å². The Balaban J connectivity index is 1.68. The van der Waals surface area contributed by atoms with Gasteiger partial charge in [0, 0.05) is 22.0 Å². The summed E-state index contributed by atoms with van der Waals surface area (Å²) in [5.41, 5.74) is 2.24. The van der Waals surface area contributed by atoms with Crippen molar-refractivity contribution in [2.45, 2.75) is 6.92 Å². The minimum Gasteiger partial charge on any atom is -0.462 e. The highest BCUT2D eigenvalue weighted by molar-refractivity contribution is 7.17. The van der Waals surface area contributed by atoms with E-state index in [0.717, 1.165) is 16.0 Å². The zero-order valence-electron chi connectivity index (χ0n) is 14.3. The Hall–Kier alpha value is -2.97. The summed E-state index contributed by atoms with van der Waals surface area (Å²) >= 11 is 2.83. The van der Waals surface area contributed by atoms with Gasteiger partial charge in [0.2, 0.25) is 0 Å². The summed E-state index contributed by atoms with van der Waals surface area (Å²) in [6.45, 7) is 2.02. The van der Waals surface area contributed by atoms with E-state index >= 15 is 0 Å². The smallest absolute Gasteiger partial charge is 0.341 e. The number of carbonyl (C=O) groups is 2. The molecule has 1 amide bonds. The van der Waals surface area contributed by atoms with Gasteiger partial charge < -0.3 is 10.1 Å². The van der Waals surface area contributed by atoms with E-state index in [2.05, 4.69) is 10.4 Å². The fraction of sp³-hybridized carbons (Fsp3) is 0.105. The number of rotatable bonds is 5. The number of ether oxygens (including phenoxy) is 1. The van der Waals surface area contributed by atoms with E-state index in [0.29, 0.717) is 10.6 Å². The summed E-state index contributed by atoms with van der Waals surface area (Å²) in [5.74, 6) is -0.823. The number of aromatic nitrogens is 2. The third kappa shape index (κ3) is 3.36. The number of carbonyl (C=O) groups excluding carboxylic acids is 2. The first kappa shape index (κ1) is 17.4. The zero-order valence-corrected chi connectivity index (χ0v) is 16.0. The van der Waals surface area contributed by atoms with Crippen LogP contribution in [0, 0.1) is 0 Å². The van der Waals surface area contributed by atoms with Crippen LogP contribution in [-0.4, -0.2) is 28.1 Å². The second kappa shape index (κ2) is 7.34. The highest BCUT2D eigenvalue weighted by atomic mass is 32.1. The first-order valence-electron chi connectivity index (χ1n) is 8.25. The first-order valence-corrected chi connectivity index (χ1v) is 10.0. The highest BCUT2D eigenvalue weighted by Gasteiger charge is 2.24. The molecule has 0 fully saturated rings. The van der Waals surface area contributed by atoms with E-state index in [1.165, 1.54) is 22.7 Å². The number of thiophene rings is 2. The van der Waals surface area contributed by atoms with Crippen molar-refractivity contribution in [3.63, 3.8) is 0 Å². The standard InChI is InChI=1S/C19H15N3O3S2/c1-2-25-19(24)16-13(15-7-5-9-26-15)11-27-18(16)20-17(23)14-10-12-6-3-4-8-22(12)21-14/h3-11H,2H2,1H3,(H,20,23). The molecule has 0 aliphatic carbocycles. The fourth-order valence-corrected chi connectivity index (χ4v) is 4.45. The number of nitrogens with zero attached hydrogens (tertiary/aromatic N) is 2. The third-order valence-electron chi connectivity index (χ3n) is 3.89. The van der Waals surface area contributed by atoms with Crippen LogP contribution in [0.15, 0.2) is 53.4 Å². The molecule has 8 heteroatoms. The topological polar surface area (TPSA) is 72.7 Å². The van der Waals surface area contributed by atoms with Crippen molar-refractivity contribution in [2.75, 3.05) is 11.9 Å². The maximum atomic E-state index is 12.7. The van der Waals surface area contributed by atoms with Crippen molar-refractivity contribution >= 4 is 45.1 Å². The molecule has 0 saturated carbocycles.